The fourth-order valence-electron chi connectivity index (χ4n) is 3.30. The molecule has 0 N–H and O–H groups in total. The molecule has 30 heavy (non-hydrogen) atoms. The molecule has 2 heterocycles. The Labute approximate surface area is 177 Å². The van der Waals surface area contributed by atoms with Crippen LogP contribution >= 0.6 is 11.3 Å². The lowest BCUT2D eigenvalue weighted by atomic mass is 10.1. The number of hydrogen-bond donors (Lipinski definition) is 0. The standard InChI is InChI=1S/C22H22N2O5S/c1-4-27-19(25)12-24-15-10-9-13(2)11-18(15)30-22(24)23-21(26)20-14(3)28-16-7-5-6-8-17(16)29-20/h5-11,14,20H,4,12H2,1-3H3. The minimum Gasteiger partial charge on any atom is -0.482 e. The summed E-state index contributed by atoms with van der Waals surface area (Å²) in [6, 6.07) is 13.1. The number of rotatable bonds is 4. The van der Waals surface area contributed by atoms with Crippen molar-refractivity contribution < 1.29 is 23.8 Å². The molecule has 7 nitrogen and oxygen atoms in total. The van der Waals surface area contributed by atoms with Crippen LogP contribution < -0.4 is 14.3 Å². The summed E-state index contributed by atoms with van der Waals surface area (Å²) in [4.78, 5) is 29.9. The van der Waals surface area contributed by atoms with Crippen molar-refractivity contribution in [3.05, 3.63) is 52.8 Å². The van der Waals surface area contributed by atoms with Crippen LogP contribution in [-0.4, -0.2) is 35.3 Å². The Morgan fingerprint density at radius 1 is 1.17 bits per heavy atom. The lowest BCUT2D eigenvalue weighted by molar-refractivity contribution is -0.143. The highest BCUT2D eigenvalue weighted by Crippen LogP contribution is 2.33. The Bertz CT molecular complexity index is 1180. The first-order chi connectivity index (χ1) is 14.5. The Morgan fingerprint density at radius 2 is 1.90 bits per heavy atom. The monoisotopic (exact) mass is 426 g/mol. The van der Waals surface area contributed by atoms with Crippen LogP contribution in [0, 0.1) is 6.92 Å². The van der Waals surface area contributed by atoms with Gasteiger partial charge in [-0.05, 0) is 50.6 Å². The second kappa shape index (κ2) is 8.31. The molecule has 2 unspecified atom stereocenters. The number of thiazole rings is 1. The van der Waals surface area contributed by atoms with Crippen LogP contribution in [0.5, 0.6) is 11.5 Å². The first-order valence-electron chi connectivity index (χ1n) is 9.73. The average Bonchev–Trinajstić information content (AvgIpc) is 3.03. The quantitative estimate of drug-likeness (QED) is 0.599. The molecule has 0 fully saturated rings. The number of carbonyl (C=O) groups excluding carboxylic acids is 2. The summed E-state index contributed by atoms with van der Waals surface area (Å²) < 4.78 is 19.4. The smallest absolute Gasteiger partial charge is 0.326 e. The van der Waals surface area contributed by atoms with Crippen LogP contribution in [0.2, 0.25) is 0 Å². The number of ether oxygens (including phenoxy) is 3. The van der Waals surface area contributed by atoms with Crippen LogP contribution in [0.1, 0.15) is 19.4 Å². The van der Waals surface area contributed by atoms with E-state index < -0.39 is 18.1 Å². The minimum absolute atomic E-state index is 0.0244. The Kier molecular flexibility index (Phi) is 5.59. The lowest BCUT2D eigenvalue weighted by Gasteiger charge is -2.29. The van der Waals surface area contributed by atoms with E-state index in [1.165, 1.54) is 11.3 Å². The number of aromatic nitrogens is 1. The van der Waals surface area contributed by atoms with E-state index in [9.17, 15) is 9.59 Å². The Balaban J connectivity index is 1.72. The number of nitrogens with zero attached hydrogens (tertiary/aromatic N) is 2. The normalized spacial score (nSPS) is 18.4. The van der Waals surface area contributed by atoms with Crippen molar-refractivity contribution in [2.24, 2.45) is 4.99 Å². The lowest BCUT2D eigenvalue weighted by Crippen LogP contribution is -2.43. The van der Waals surface area contributed by atoms with E-state index >= 15 is 0 Å². The molecule has 4 rings (SSSR count). The SMILES string of the molecule is CCOC(=O)Cn1c(=NC(=O)C2Oc3ccccc3OC2C)sc2cc(C)ccc21. The summed E-state index contributed by atoms with van der Waals surface area (Å²) in [5.41, 5.74) is 1.91. The molecular weight excluding hydrogens is 404 g/mol. The second-order valence-electron chi connectivity index (χ2n) is 7.01. The highest BCUT2D eigenvalue weighted by Gasteiger charge is 2.34. The fraction of sp³-hybridized carbons (Fsp3) is 0.318. The third kappa shape index (κ3) is 3.95. The number of benzene rings is 2. The molecule has 0 saturated carbocycles. The predicted molar refractivity (Wildman–Crippen MR) is 113 cm³/mol. The molecule has 2 aromatic carbocycles. The van der Waals surface area contributed by atoms with Gasteiger partial charge in [-0.1, -0.05) is 29.5 Å². The van der Waals surface area contributed by atoms with Crippen molar-refractivity contribution in [3.63, 3.8) is 0 Å². The van der Waals surface area contributed by atoms with E-state index in [1.807, 2.05) is 37.3 Å². The third-order valence-electron chi connectivity index (χ3n) is 4.72. The van der Waals surface area contributed by atoms with Gasteiger partial charge in [0.2, 0.25) is 6.10 Å². The van der Waals surface area contributed by atoms with E-state index in [1.54, 1.807) is 30.5 Å². The van der Waals surface area contributed by atoms with Crippen LogP contribution in [-0.2, 0) is 20.9 Å². The number of esters is 1. The zero-order valence-corrected chi connectivity index (χ0v) is 17.8. The highest BCUT2D eigenvalue weighted by molar-refractivity contribution is 7.16. The van der Waals surface area contributed by atoms with E-state index in [-0.39, 0.29) is 19.1 Å². The number of amides is 1. The first kappa shape index (κ1) is 20.2. The summed E-state index contributed by atoms with van der Waals surface area (Å²) >= 11 is 1.35. The van der Waals surface area contributed by atoms with Gasteiger partial charge >= 0.3 is 5.97 Å². The fourth-order valence-corrected chi connectivity index (χ4v) is 4.44. The highest BCUT2D eigenvalue weighted by atomic mass is 32.1. The Morgan fingerprint density at radius 3 is 2.63 bits per heavy atom. The van der Waals surface area contributed by atoms with Gasteiger partial charge < -0.3 is 18.8 Å². The van der Waals surface area contributed by atoms with Crippen molar-refractivity contribution in [1.82, 2.24) is 4.57 Å². The number of fused-ring (bicyclic) bond motifs is 2. The summed E-state index contributed by atoms with van der Waals surface area (Å²) in [6.45, 7) is 5.78. The zero-order chi connectivity index (χ0) is 21.3. The number of hydrogen-bond acceptors (Lipinski definition) is 6. The molecule has 2 atom stereocenters. The molecule has 1 amide bonds. The summed E-state index contributed by atoms with van der Waals surface area (Å²) in [5, 5.41) is 0. The van der Waals surface area contributed by atoms with Crippen LogP contribution in [0.3, 0.4) is 0 Å². The third-order valence-corrected chi connectivity index (χ3v) is 5.76. The molecule has 0 bridgehead atoms. The molecule has 156 valence electrons. The van der Waals surface area contributed by atoms with Crippen LogP contribution in [0.25, 0.3) is 10.2 Å². The summed E-state index contributed by atoms with van der Waals surface area (Å²) in [7, 11) is 0. The maximum atomic E-state index is 13.0. The van der Waals surface area contributed by atoms with Gasteiger partial charge in [-0.3, -0.25) is 9.59 Å². The van der Waals surface area contributed by atoms with Gasteiger partial charge in [0, 0.05) is 0 Å². The van der Waals surface area contributed by atoms with Gasteiger partial charge in [0.25, 0.3) is 5.91 Å². The van der Waals surface area contributed by atoms with Gasteiger partial charge in [0.05, 0.1) is 16.8 Å². The predicted octanol–water partition coefficient (Wildman–Crippen LogP) is 3.23. The van der Waals surface area contributed by atoms with Crippen molar-refractivity contribution in [3.8, 4) is 11.5 Å². The molecule has 3 aromatic rings. The minimum atomic E-state index is -0.872. The first-order valence-corrected chi connectivity index (χ1v) is 10.5. The molecule has 0 saturated heterocycles. The number of carbonyl (C=O) groups is 2. The molecule has 1 aliphatic heterocycles. The average molecular weight is 426 g/mol. The second-order valence-corrected chi connectivity index (χ2v) is 8.01. The van der Waals surface area contributed by atoms with Gasteiger partial charge in [-0.25, -0.2) is 0 Å². The summed E-state index contributed by atoms with van der Waals surface area (Å²) in [6.07, 6.45) is -1.37. The maximum Gasteiger partial charge on any atom is 0.326 e. The van der Waals surface area contributed by atoms with E-state index in [0.29, 0.717) is 16.3 Å². The molecule has 8 heteroatoms. The molecule has 1 aromatic heterocycles. The van der Waals surface area contributed by atoms with Crippen molar-refractivity contribution in [2.45, 2.75) is 39.5 Å². The zero-order valence-electron chi connectivity index (χ0n) is 17.0. The van der Waals surface area contributed by atoms with Crippen LogP contribution in [0.15, 0.2) is 47.5 Å². The van der Waals surface area contributed by atoms with Gasteiger partial charge in [-0.15, -0.1) is 0 Å². The van der Waals surface area contributed by atoms with Gasteiger partial charge in [0.15, 0.2) is 16.3 Å². The van der Waals surface area contributed by atoms with E-state index in [4.69, 9.17) is 14.2 Å². The van der Waals surface area contributed by atoms with Crippen molar-refractivity contribution >= 4 is 33.4 Å². The maximum absolute atomic E-state index is 13.0. The van der Waals surface area contributed by atoms with Crippen LogP contribution in [0.4, 0.5) is 0 Å². The molecule has 0 spiro atoms. The molecular formula is C22H22N2O5S. The summed E-state index contributed by atoms with van der Waals surface area (Å²) in [5.74, 6) is 0.267. The van der Waals surface area contributed by atoms with Crippen molar-refractivity contribution in [2.75, 3.05) is 6.61 Å². The topological polar surface area (TPSA) is 79.1 Å². The van der Waals surface area contributed by atoms with Crippen molar-refractivity contribution in [1.29, 1.82) is 0 Å². The van der Waals surface area contributed by atoms with Gasteiger partial charge in [-0.2, -0.15) is 4.99 Å². The van der Waals surface area contributed by atoms with Gasteiger partial charge in [0.1, 0.15) is 12.6 Å². The van der Waals surface area contributed by atoms with E-state index in [0.717, 1.165) is 15.8 Å². The largest absolute Gasteiger partial charge is 0.482 e. The number of para-hydroxylation sites is 2. The Hall–Kier alpha value is -3.13. The molecule has 0 radical (unpaired) electrons. The number of aryl methyl sites for hydroxylation is 1. The molecule has 1 aliphatic rings. The van der Waals surface area contributed by atoms with E-state index in [2.05, 4.69) is 4.99 Å². The molecule has 0 aliphatic carbocycles.